The summed E-state index contributed by atoms with van der Waals surface area (Å²) in [5.41, 5.74) is 4.86. The zero-order valence-corrected chi connectivity index (χ0v) is 15.6. The van der Waals surface area contributed by atoms with Crippen LogP contribution in [0.25, 0.3) is 0 Å². The summed E-state index contributed by atoms with van der Waals surface area (Å²) in [6.07, 6.45) is 1.28. The Morgan fingerprint density at radius 2 is 2.24 bits per heavy atom. The predicted octanol–water partition coefficient (Wildman–Crippen LogP) is -0.384. The van der Waals surface area contributed by atoms with Crippen molar-refractivity contribution in [2.45, 2.75) is 18.0 Å². The second-order valence-electron chi connectivity index (χ2n) is 5.85. The van der Waals surface area contributed by atoms with Crippen molar-refractivity contribution in [3.63, 3.8) is 0 Å². The Hall–Kier alpha value is -3.48. The predicted molar refractivity (Wildman–Crippen MR) is 97.2 cm³/mol. The smallest absolute Gasteiger partial charge is 0.404 e. The number of nitrogens with zero attached hydrogens (tertiary/aromatic N) is 2. The van der Waals surface area contributed by atoms with Crippen molar-refractivity contribution in [3.05, 3.63) is 35.4 Å². The van der Waals surface area contributed by atoms with Gasteiger partial charge in [-0.3, -0.25) is 14.5 Å². The van der Waals surface area contributed by atoms with Crippen molar-refractivity contribution < 1.29 is 38.3 Å². The summed E-state index contributed by atoms with van der Waals surface area (Å²) >= 11 is 1.22. The van der Waals surface area contributed by atoms with E-state index in [0.29, 0.717) is 5.76 Å². The van der Waals surface area contributed by atoms with Crippen LogP contribution in [-0.4, -0.2) is 63.9 Å². The maximum Gasteiger partial charge on any atom is 0.404 e. The van der Waals surface area contributed by atoms with Crippen LogP contribution in [0.15, 0.2) is 39.2 Å². The second-order valence-corrected chi connectivity index (χ2v) is 6.95. The number of primary amides is 1. The highest BCUT2D eigenvalue weighted by Gasteiger charge is 2.54. The highest BCUT2D eigenvalue weighted by molar-refractivity contribution is 8.00. The summed E-state index contributed by atoms with van der Waals surface area (Å²) < 4.78 is 9.67. The monoisotopic (exact) mass is 424 g/mol. The maximum absolute atomic E-state index is 12.4. The van der Waals surface area contributed by atoms with Crippen molar-refractivity contribution in [1.82, 2.24) is 10.2 Å². The van der Waals surface area contributed by atoms with Crippen LogP contribution in [0.1, 0.15) is 5.76 Å². The number of ether oxygens (including phenoxy) is 1. The number of aliphatic carboxylic acids is 1. The van der Waals surface area contributed by atoms with E-state index in [9.17, 15) is 24.3 Å². The summed E-state index contributed by atoms with van der Waals surface area (Å²) in [5, 5.41) is 14.8. The number of nitrogens with two attached hydrogens (primary N) is 1. The SMILES string of the molecule is NC(=O)OCC1=C(C(=O)O)N2C(=O)[C@@H](NC(=O)/C=N\OCc3ccco3)[C@@H]2SC1. The molecule has 1 aromatic heterocycles. The quantitative estimate of drug-likeness (QED) is 0.285. The Kier molecular flexibility index (Phi) is 6.07. The van der Waals surface area contributed by atoms with Crippen molar-refractivity contribution in [2.75, 3.05) is 12.4 Å². The number of carbonyl (C=O) groups excluding carboxylic acids is 3. The largest absolute Gasteiger partial charge is 0.477 e. The Morgan fingerprint density at radius 1 is 1.45 bits per heavy atom. The molecular weight excluding hydrogens is 408 g/mol. The molecule has 1 fully saturated rings. The highest BCUT2D eigenvalue weighted by Crippen LogP contribution is 2.40. The summed E-state index contributed by atoms with van der Waals surface area (Å²) in [5.74, 6) is -1.91. The molecule has 0 spiro atoms. The first-order chi connectivity index (χ1) is 13.9. The fourth-order valence-electron chi connectivity index (χ4n) is 2.72. The van der Waals surface area contributed by atoms with Gasteiger partial charge in [0.15, 0.2) is 6.61 Å². The molecule has 12 nitrogen and oxygen atoms in total. The fourth-order valence-corrected chi connectivity index (χ4v) is 4.05. The lowest BCUT2D eigenvalue weighted by atomic mass is 10.0. The summed E-state index contributed by atoms with van der Waals surface area (Å²) in [7, 11) is 0. The number of furan rings is 1. The Labute approximate surface area is 167 Å². The average molecular weight is 424 g/mol. The number of β-lactam (4-membered cyclic amide) rings is 1. The first kappa shape index (κ1) is 20.3. The molecule has 1 aromatic rings. The van der Waals surface area contributed by atoms with E-state index >= 15 is 0 Å². The standard InChI is InChI=1S/C16H16N4O8S/c17-16(25)27-5-8-7-29-14-11(13(22)20(14)12(8)15(23)24)19-10(21)4-18-28-6-9-2-1-3-26-9/h1-4,11,14H,5-7H2,(H2,17,25)(H,19,21)(H,23,24)/b18-4-/t11-,14+/m1/s1. The van der Waals surface area contributed by atoms with E-state index in [-0.39, 0.29) is 30.2 Å². The molecule has 3 amide bonds. The van der Waals surface area contributed by atoms with Crippen LogP contribution >= 0.6 is 11.8 Å². The topological polar surface area (TPSA) is 174 Å². The summed E-state index contributed by atoms with van der Waals surface area (Å²) in [6, 6.07) is 2.43. The minimum Gasteiger partial charge on any atom is -0.477 e. The van der Waals surface area contributed by atoms with Gasteiger partial charge in [0.2, 0.25) is 0 Å². The minimum absolute atomic E-state index is 0.0360. The molecule has 0 saturated carbocycles. The van der Waals surface area contributed by atoms with E-state index < -0.39 is 35.3 Å². The van der Waals surface area contributed by atoms with Gasteiger partial charge in [-0.25, -0.2) is 9.59 Å². The molecule has 0 radical (unpaired) electrons. The molecule has 0 unspecified atom stereocenters. The number of hydrogen-bond acceptors (Lipinski definition) is 9. The third-order valence-corrected chi connectivity index (χ3v) is 5.31. The zero-order valence-electron chi connectivity index (χ0n) is 14.8. The molecule has 13 heteroatoms. The van der Waals surface area contributed by atoms with Crippen LogP contribution in [-0.2, 0) is 30.6 Å². The molecule has 1 saturated heterocycles. The van der Waals surface area contributed by atoms with Gasteiger partial charge in [0, 0.05) is 11.3 Å². The number of nitrogens with one attached hydrogen (secondary N) is 1. The normalized spacial score (nSPS) is 20.8. The van der Waals surface area contributed by atoms with Gasteiger partial charge < -0.3 is 30.1 Å². The van der Waals surface area contributed by atoms with Crippen molar-refractivity contribution in [1.29, 1.82) is 0 Å². The molecule has 0 aliphatic carbocycles. The number of hydrogen-bond donors (Lipinski definition) is 3. The second kappa shape index (κ2) is 8.68. The number of fused-ring (bicyclic) bond motifs is 1. The van der Waals surface area contributed by atoms with Gasteiger partial charge in [-0.2, -0.15) is 0 Å². The number of amides is 3. The maximum atomic E-state index is 12.4. The van der Waals surface area contributed by atoms with E-state index in [0.717, 1.165) is 11.1 Å². The minimum atomic E-state index is -1.34. The van der Waals surface area contributed by atoms with E-state index in [2.05, 4.69) is 15.2 Å². The number of thioether (sulfide) groups is 1. The van der Waals surface area contributed by atoms with Crippen molar-refractivity contribution >= 4 is 41.9 Å². The molecule has 4 N–H and O–H groups in total. The number of carboxylic acids is 1. The van der Waals surface area contributed by atoms with Crippen LogP contribution in [0.2, 0.25) is 0 Å². The number of carboxylic acid groups (broad SMARTS) is 1. The first-order valence-corrected chi connectivity index (χ1v) is 9.23. The van der Waals surface area contributed by atoms with E-state index in [4.69, 9.17) is 15.0 Å². The molecule has 0 bridgehead atoms. The molecule has 3 rings (SSSR count). The average Bonchev–Trinajstić information content (AvgIpc) is 3.20. The first-order valence-electron chi connectivity index (χ1n) is 8.19. The molecule has 2 aliphatic rings. The van der Waals surface area contributed by atoms with Crippen LogP contribution in [0.3, 0.4) is 0 Å². The van der Waals surface area contributed by atoms with Crippen LogP contribution < -0.4 is 11.1 Å². The van der Waals surface area contributed by atoms with Crippen molar-refractivity contribution in [3.8, 4) is 0 Å². The van der Waals surface area contributed by atoms with Gasteiger partial charge >= 0.3 is 12.1 Å². The molecule has 2 atom stereocenters. The third-order valence-electron chi connectivity index (χ3n) is 3.97. The van der Waals surface area contributed by atoms with Gasteiger partial charge in [0.25, 0.3) is 11.8 Å². The van der Waals surface area contributed by atoms with Crippen LogP contribution in [0.4, 0.5) is 4.79 Å². The van der Waals surface area contributed by atoms with E-state index in [1.54, 1.807) is 12.1 Å². The molecular formula is C16H16N4O8S. The molecule has 3 heterocycles. The fraction of sp³-hybridized carbons (Fsp3) is 0.312. The number of rotatable bonds is 8. The summed E-state index contributed by atoms with van der Waals surface area (Å²) in [6.45, 7) is -0.300. The number of carbonyl (C=O) groups is 4. The summed E-state index contributed by atoms with van der Waals surface area (Å²) in [4.78, 5) is 52.6. The third kappa shape index (κ3) is 4.51. The van der Waals surface area contributed by atoms with Gasteiger partial charge in [0.05, 0.1) is 6.26 Å². The Bertz CT molecular complexity index is 881. The zero-order chi connectivity index (χ0) is 21.0. The molecule has 0 aromatic carbocycles. The van der Waals surface area contributed by atoms with Gasteiger partial charge in [0.1, 0.15) is 35.7 Å². The van der Waals surface area contributed by atoms with Crippen LogP contribution in [0, 0.1) is 0 Å². The van der Waals surface area contributed by atoms with E-state index in [1.807, 2.05) is 0 Å². The van der Waals surface area contributed by atoms with E-state index in [1.165, 1.54) is 18.0 Å². The number of oxime groups is 1. The molecule has 29 heavy (non-hydrogen) atoms. The van der Waals surface area contributed by atoms with Gasteiger partial charge in [-0.1, -0.05) is 5.16 Å². The molecule has 154 valence electrons. The lowest BCUT2D eigenvalue weighted by Crippen LogP contribution is -2.70. The lowest BCUT2D eigenvalue weighted by Gasteiger charge is -2.49. The van der Waals surface area contributed by atoms with Crippen molar-refractivity contribution in [2.24, 2.45) is 10.9 Å². The highest BCUT2D eigenvalue weighted by atomic mass is 32.2. The lowest BCUT2D eigenvalue weighted by molar-refractivity contribution is -0.150. The van der Waals surface area contributed by atoms with Gasteiger partial charge in [-0.05, 0) is 12.1 Å². The Morgan fingerprint density at radius 3 is 2.90 bits per heavy atom. The molecule has 2 aliphatic heterocycles. The Balaban J connectivity index is 1.57. The van der Waals surface area contributed by atoms with Crippen LogP contribution in [0.5, 0.6) is 0 Å². The van der Waals surface area contributed by atoms with Gasteiger partial charge in [-0.15, -0.1) is 11.8 Å².